The molecule has 0 aliphatic rings. The van der Waals surface area contributed by atoms with E-state index in [0.717, 1.165) is 16.1 Å². The number of carbonyl (C=O) groups excluding carboxylic acids is 1. The number of rotatable bonds is 5. The van der Waals surface area contributed by atoms with Crippen LogP contribution in [-0.4, -0.2) is 11.2 Å². The van der Waals surface area contributed by atoms with Crippen LogP contribution in [-0.2, 0) is 4.79 Å². The van der Waals surface area contributed by atoms with Gasteiger partial charge in [0.2, 0.25) is 5.91 Å². The van der Waals surface area contributed by atoms with Gasteiger partial charge in [-0.2, -0.15) is 0 Å². The molecule has 0 aromatic heterocycles. The quantitative estimate of drug-likeness (QED) is 0.730. The summed E-state index contributed by atoms with van der Waals surface area (Å²) >= 11 is 1.59. The first-order valence-electron chi connectivity index (χ1n) is 8.02. The molecule has 1 amide bonds. The fraction of sp³-hybridized carbons (Fsp3) is 0.350. The molecule has 0 heterocycles. The monoisotopic (exact) mass is 327 g/mol. The second-order valence-electron chi connectivity index (χ2n) is 6.26. The molecule has 0 fully saturated rings. The molecule has 0 aliphatic carbocycles. The molecule has 23 heavy (non-hydrogen) atoms. The highest BCUT2D eigenvalue weighted by Crippen LogP contribution is 2.29. The Kier molecular flexibility index (Phi) is 5.89. The number of para-hydroxylation sites is 1. The SMILES string of the molecule is Cc1ccc(S[C@H](C)C(=O)Nc2c(C)cccc2C(C)C)cc1. The Labute approximate surface area is 143 Å². The fourth-order valence-electron chi connectivity index (χ4n) is 2.44. The Bertz CT molecular complexity index is 677. The Morgan fingerprint density at radius 1 is 1.00 bits per heavy atom. The van der Waals surface area contributed by atoms with Gasteiger partial charge in [0.15, 0.2) is 0 Å². The predicted octanol–water partition coefficient (Wildman–Crippen LogP) is 5.55. The van der Waals surface area contributed by atoms with E-state index in [1.165, 1.54) is 11.1 Å². The summed E-state index contributed by atoms with van der Waals surface area (Å²) in [5.74, 6) is 0.428. The number of nitrogens with one attached hydrogen (secondary N) is 1. The zero-order chi connectivity index (χ0) is 17.0. The van der Waals surface area contributed by atoms with Crippen LogP contribution in [0.4, 0.5) is 5.69 Å². The van der Waals surface area contributed by atoms with E-state index < -0.39 is 0 Å². The number of thioether (sulfide) groups is 1. The summed E-state index contributed by atoms with van der Waals surface area (Å²) in [4.78, 5) is 13.7. The van der Waals surface area contributed by atoms with Gasteiger partial charge in [0.25, 0.3) is 0 Å². The van der Waals surface area contributed by atoms with Gasteiger partial charge in [-0.25, -0.2) is 0 Å². The molecule has 0 radical (unpaired) electrons. The van der Waals surface area contributed by atoms with Crippen molar-refractivity contribution in [1.82, 2.24) is 0 Å². The minimum atomic E-state index is -0.141. The standard InChI is InChI=1S/C20H25NOS/c1-13(2)18-8-6-7-15(4)19(18)21-20(22)16(5)23-17-11-9-14(3)10-12-17/h6-13,16H,1-5H3,(H,21,22)/t16-/m1/s1. The van der Waals surface area contributed by atoms with Crippen LogP contribution in [0.3, 0.4) is 0 Å². The summed E-state index contributed by atoms with van der Waals surface area (Å²) in [6.07, 6.45) is 0. The summed E-state index contributed by atoms with van der Waals surface area (Å²) in [6, 6.07) is 14.5. The van der Waals surface area contributed by atoms with Crippen molar-refractivity contribution in [2.75, 3.05) is 5.32 Å². The van der Waals surface area contributed by atoms with Crippen molar-refractivity contribution in [3.05, 3.63) is 59.2 Å². The van der Waals surface area contributed by atoms with Crippen LogP contribution in [0.15, 0.2) is 47.4 Å². The summed E-state index contributed by atoms with van der Waals surface area (Å²) in [5, 5.41) is 2.99. The van der Waals surface area contributed by atoms with Crippen molar-refractivity contribution in [1.29, 1.82) is 0 Å². The van der Waals surface area contributed by atoms with Crippen LogP contribution in [0.2, 0.25) is 0 Å². The van der Waals surface area contributed by atoms with E-state index in [1.54, 1.807) is 11.8 Å². The molecule has 2 aromatic carbocycles. The molecule has 122 valence electrons. The number of hydrogen-bond acceptors (Lipinski definition) is 2. The maximum atomic E-state index is 12.6. The van der Waals surface area contributed by atoms with E-state index in [4.69, 9.17) is 0 Å². The van der Waals surface area contributed by atoms with Crippen molar-refractivity contribution in [2.45, 2.75) is 50.7 Å². The third-order valence-electron chi connectivity index (χ3n) is 3.88. The van der Waals surface area contributed by atoms with Crippen LogP contribution in [0.5, 0.6) is 0 Å². The highest BCUT2D eigenvalue weighted by Gasteiger charge is 2.17. The summed E-state index contributed by atoms with van der Waals surface area (Å²) in [7, 11) is 0. The van der Waals surface area contributed by atoms with Crippen molar-refractivity contribution in [2.24, 2.45) is 0 Å². The molecule has 0 saturated heterocycles. The van der Waals surface area contributed by atoms with Crippen molar-refractivity contribution in [3.8, 4) is 0 Å². The first kappa shape index (κ1) is 17.6. The topological polar surface area (TPSA) is 29.1 Å². The van der Waals surface area contributed by atoms with Crippen LogP contribution in [0.1, 0.15) is 43.4 Å². The van der Waals surface area contributed by atoms with Gasteiger partial charge in [0.1, 0.15) is 0 Å². The van der Waals surface area contributed by atoms with Gasteiger partial charge in [-0.1, -0.05) is 49.7 Å². The average Bonchev–Trinajstić information content (AvgIpc) is 2.51. The molecule has 0 aliphatic heterocycles. The molecule has 0 bridgehead atoms. The van der Waals surface area contributed by atoms with E-state index in [2.05, 4.69) is 56.4 Å². The number of benzene rings is 2. The van der Waals surface area contributed by atoms with Crippen molar-refractivity contribution < 1.29 is 4.79 Å². The Morgan fingerprint density at radius 3 is 2.26 bits per heavy atom. The largest absolute Gasteiger partial charge is 0.325 e. The minimum absolute atomic E-state index is 0.0479. The smallest absolute Gasteiger partial charge is 0.237 e. The van der Waals surface area contributed by atoms with E-state index in [9.17, 15) is 4.79 Å². The maximum Gasteiger partial charge on any atom is 0.237 e. The van der Waals surface area contributed by atoms with Crippen LogP contribution >= 0.6 is 11.8 Å². The van der Waals surface area contributed by atoms with Gasteiger partial charge in [-0.3, -0.25) is 4.79 Å². The van der Waals surface area contributed by atoms with Crippen molar-refractivity contribution >= 4 is 23.4 Å². The van der Waals surface area contributed by atoms with Gasteiger partial charge in [-0.05, 0) is 49.9 Å². The molecule has 0 unspecified atom stereocenters. The third-order valence-corrected chi connectivity index (χ3v) is 4.99. The first-order chi connectivity index (χ1) is 10.9. The molecule has 2 rings (SSSR count). The third kappa shape index (κ3) is 4.61. The highest BCUT2D eigenvalue weighted by atomic mass is 32.2. The summed E-state index contributed by atoms with van der Waals surface area (Å²) < 4.78 is 0. The van der Waals surface area contributed by atoms with Crippen molar-refractivity contribution in [3.63, 3.8) is 0 Å². The van der Waals surface area contributed by atoms with Gasteiger partial charge in [0.05, 0.1) is 5.25 Å². The number of anilines is 1. The lowest BCUT2D eigenvalue weighted by Gasteiger charge is -2.18. The lowest BCUT2D eigenvalue weighted by Crippen LogP contribution is -2.23. The van der Waals surface area contributed by atoms with Crippen LogP contribution in [0, 0.1) is 13.8 Å². The summed E-state index contributed by atoms with van der Waals surface area (Å²) in [6.45, 7) is 10.4. The molecule has 1 N–H and O–H groups in total. The zero-order valence-corrected chi connectivity index (χ0v) is 15.3. The van der Waals surface area contributed by atoms with Gasteiger partial charge in [0, 0.05) is 10.6 Å². The van der Waals surface area contributed by atoms with E-state index in [-0.39, 0.29) is 11.2 Å². The first-order valence-corrected chi connectivity index (χ1v) is 8.90. The zero-order valence-electron chi connectivity index (χ0n) is 14.5. The van der Waals surface area contributed by atoms with Gasteiger partial charge in [-0.15, -0.1) is 11.8 Å². The Morgan fingerprint density at radius 2 is 1.65 bits per heavy atom. The number of carbonyl (C=O) groups is 1. The number of aryl methyl sites for hydroxylation is 2. The molecule has 3 heteroatoms. The molecule has 0 spiro atoms. The van der Waals surface area contributed by atoms with Gasteiger partial charge >= 0.3 is 0 Å². The number of hydrogen-bond donors (Lipinski definition) is 1. The highest BCUT2D eigenvalue weighted by molar-refractivity contribution is 8.00. The molecular formula is C20H25NOS. The predicted molar refractivity (Wildman–Crippen MR) is 100 cm³/mol. The molecule has 2 aromatic rings. The summed E-state index contributed by atoms with van der Waals surface area (Å²) in [5.41, 5.74) is 4.49. The fourth-order valence-corrected chi connectivity index (χ4v) is 3.31. The Balaban J connectivity index is 2.11. The second kappa shape index (κ2) is 7.69. The molecule has 1 atom stereocenters. The van der Waals surface area contributed by atoms with E-state index in [0.29, 0.717) is 5.92 Å². The van der Waals surface area contributed by atoms with Gasteiger partial charge < -0.3 is 5.32 Å². The average molecular weight is 327 g/mol. The molecule has 0 saturated carbocycles. The number of amides is 1. The second-order valence-corrected chi connectivity index (χ2v) is 7.67. The molecule has 2 nitrogen and oxygen atoms in total. The van der Waals surface area contributed by atoms with E-state index in [1.807, 2.05) is 26.0 Å². The lowest BCUT2D eigenvalue weighted by molar-refractivity contribution is -0.115. The molecular weight excluding hydrogens is 302 g/mol. The maximum absolute atomic E-state index is 12.6. The minimum Gasteiger partial charge on any atom is -0.325 e. The van der Waals surface area contributed by atoms with Crippen LogP contribution < -0.4 is 5.32 Å². The van der Waals surface area contributed by atoms with E-state index >= 15 is 0 Å². The van der Waals surface area contributed by atoms with Crippen LogP contribution in [0.25, 0.3) is 0 Å². The Hall–Kier alpha value is -1.74. The lowest BCUT2D eigenvalue weighted by atomic mass is 9.98. The normalized spacial score (nSPS) is 12.3.